The number of aliphatic hydroxyl groups is 1. The van der Waals surface area contributed by atoms with Gasteiger partial charge in [0.15, 0.2) is 0 Å². The van der Waals surface area contributed by atoms with Crippen LogP contribution in [-0.4, -0.2) is 29.0 Å². The molecular weight excluding hydrogens is 262 g/mol. The summed E-state index contributed by atoms with van der Waals surface area (Å²) in [6.07, 6.45) is 3.00. The van der Waals surface area contributed by atoms with Crippen LogP contribution in [0.4, 0.5) is 0 Å². The summed E-state index contributed by atoms with van der Waals surface area (Å²) in [5, 5.41) is 10.4. The molecule has 0 radical (unpaired) electrons. The van der Waals surface area contributed by atoms with Gasteiger partial charge in [0.05, 0.1) is 6.10 Å². The molecule has 1 N–H and O–H groups in total. The Labute approximate surface area is 128 Å². The first-order valence-electron chi connectivity index (χ1n) is 8.08. The molecule has 116 valence electrons. The highest BCUT2D eigenvalue weighted by Gasteiger charge is 2.27. The van der Waals surface area contributed by atoms with Crippen molar-refractivity contribution in [2.45, 2.75) is 45.6 Å². The second kappa shape index (κ2) is 7.60. The molecule has 3 nitrogen and oxygen atoms in total. The van der Waals surface area contributed by atoms with E-state index in [-0.39, 0.29) is 11.8 Å². The zero-order valence-electron chi connectivity index (χ0n) is 13.2. The predicted octanol–water partition coefficient (Wildman–Crippen LogP) is 3.39. The largest absolute Gasteiger partial charge is 0.388 e. The molecule has 0 bridgehead atoms. The van der Waals surface area contributed by atoms with Crippen LogP contribution in [0.25, 0.3) is 0 Å². The molecule has 0 aromatic heterocycles. The first-order valence-corrected chi connectivity index (χ1v) is 8.08. The van der Waals surface area contributed by atoms with Crippen LogP contribution >= 0.6 is 0 Å². The van der Waals surface area contributed by atoms with Gasteiger partial charge in [-0.1, -0.05) is 44.2 Å². The van der Waals surface area contributed by atoms with Crippen LogP contribution in [-0.2, 0) is 4.79 Å². The Morgan fingerprint density at radius 3 is 2.43 bits per heavy atom. The smallest absolute Gasteiger partial charge is 0.222 e. The molecule has 0 saturated carbocycles. The Morgan fingerprint density at radius 2 is 1.86 bits per heavy atom. The fourth-order valence-corrected chi connectivity index (χ4v) is 2.96. The minimum absolute atomic E-state index is 0.265. The molecule has 1 saturated heterocycles. The summed E-state index contributed by atoms with van der Waals surface area (Å²) in [5.74, 6) is 1.12. The highest BCUT2D eigenvalue weighted by molar-refractivity contribution is 5.76. The van der Waals surface area contributed by atoms with Gasteiger partial charge < -0.3 is 10.0 Å². The number of hydrogen-bond donors (Lipinski definition) is 1. The average molecular weight is 289 g/mol. The zero-order valence-corrected chi connectivity index (χ0v) is 13.2. The van der Waals surface area contributed by atoms with E-state index in [1.165, 1.54) is 0 Å². The van der Waals surface area contributed by atoms with E-state index < -0.39 is 6.10 Å². The Morgan fingerprint density at radius 1 is 1.24 bits per heavy atom. The lowest BCUT2D eigenvalue weighted by molar-refractivity contribution is -0.133. The van der Waals surface area contributed by atoms with Gasteiger partial charge in [-0.3, -0.25) is 4.79 Å². The Bertz CT molecular complexity index is 436. The summed E-state index contributed by atoms with van der Waals surface area (Å²) in [7, 11) is 0. The van der Waals surface area contributed by atoms with Crippen molar-refractivity contribution in [3.63, 3.8) is 0 Å². The number of nitrogens with zero attached hydrogens (tertiary/aromatic N) is 1. The number of rotatable bonds is 5. The quantitative estimate of drug-likeness (QED) is 0.902. The normalized spacial score (nSPS) is 18.0. The number of benzene rings is 1. The summed E-state index contributed by atoms with van der Waals surface area (Å²) in [5.41, 5.74) is 0.988. The molecule has 1 heterocycles. The van der Waals surface area contributed by atoms with Crippen LogP contribution in [0, 0.1) is 11.8 Å². The topological polar surface area (TPSA) is 40.5 Å². The number of amides is 1. The van der Waals surface area contributed by atoms with Gasteiger partial charge in [0, 0.05) is 19.5 Å². The van der Waals surface area contributed by atoms with Crippen LogP contribution in [0.1, 0.15) is 51.2 Å². The predicted molar refractivity (Wildman–Crippen MR) is 84.8 cm³/mol. The molecule has 1 aliphatic heterocycles. The third kappa shape index (κ3) is 4.57. The van der Waals surface area contributed by atoms with Crippen molar-refractivity contribution < 1.29 is 9.90 Å². The Balaban J connectivity index is 1.81. The van der Waals surface area contributed by atoms with E-state index >= 15 is 0 Å². The van der Waals surface area contributed by atoms with Crippen molar-refractivity contribution in [1.82, 2.24) is 4.90 Å². The van der Waals surface area contributed by atoms with Crippen molar-refractivity contribution in [1.29, 1.82) is 0 Å². The van der Waals surface area contributed by atoms with Crippen molar-refractivity contribution in [2.75, 3.05) is 13.1 Å². The molecule has 1 aromatic rings. The van der Waals surface area contributed by atoms with E-state index in [1.54, 1.807) is 0 Å². The summed E-state index contributed by atoms with van der Waals surface area (Å²) in [6, 6.07) is 9.84. The molecule has 0 spiro atoms. The maximum absolute atomic E-state index is 12.1. The van der Waals surface area contributed by atoms with E-state index in [2.05, 4.69) is 13.8 Å². The second-order valence-corrected chi connectivity index (χ2v) is 6.51. The number of aliphatic hydroxyl groups excluding tert-OH is 1. The standard InChI is InChI=1S/C18H27NO2/c1-14(2)8-9-17(20)19-12-10-16(11-13-19)18(21)15-6-4-3-5-7-15/h3-7,14,16,18,21H,8-13H2,1-2H3. The lowest BCUT2D eigenvalue weighted by atomic mass is 9.87. The van der Waals surface area contributed by atoms with Gasteiger partial charge in [-0.15, -0.1) is 0 Å². The highest BCUT2D eigenvalue weighted by atomic mass is 16.3. The maximum atomic E-state index is 12.1. The van der Waals surface area contributed by atoms with Crippen molar-refractivity contribution in [2.24, 2.45) is 11.8 Å². The third-order valence-corrected chi connectivity index (χ3v) is 4.42. The van der Waals surface area contributed by atoms with Crippen LogP contribution in [0.2, 0.25) is 0 Å². The zero-order chi connectivity index (χ0) is 15.2. The Kier molecular flexibility index (Phi) is 5.80. The number of carbonyl (C=O) groups is 1. The molecule has 1 amide bonds. The average Bonchev–Trinajstić information content (AvgIpc) is 2.53. The SMILES string of the molecule is CC(C)CCC(=O)N1CCC(C(O)c2ccccc2)CC1. The molecular formula is C18H27NO2. The van der Waals surface area contributed by atoms with Crippen molar-refractivity contribution in [3.8, 4) is 0 Å². The second-order valence-electron chi connectivity index (χ2n) is 6.51. The minimum atomic E-state index is -0.404. The molecule has 1 unspecified atom stereocenters. The van der Waals surface area contributed by atoms with Gasteiger partial charge in [-0.2, -0.15) is 0 Å². The molecule has 2 rings (SSSR count). The fourth-order valence-electron chi connectivity index (χ4n) is 2.96. The molecule has 3 heteroatoms. The van der Waals surface area contributed by atoms with Gasteiger partial charge in [0.2, 0.25) is 5.91 Å². The van der Waals surface area contributed by atoms with E-state index in [0.29, 0.717) is 12.3 Å². The van der Waals surface area contributed by atoms with E-state index in [0.717, 1.165) is 37.9 Å². The van der Waals surface area contributed by atoms with Crippen molar-refractivity contribution in [3.05, 3.63) is 35.9 Å². The van der Waals surface area contributed by atoms with Gasteiger partial charge in [0.25, 0.3) is 0 Å². The third-order valence-electron chi connectivity index (χ3n) is 4.42. The highest BCUT2D eigenvalue weighted by Crippen LogP contribution is 2.30. The summed E-state index contributed by atoms with van der Waals surface area (Å²) in [4.78, 5) is 14.1. The van der Waals surface area contributed by atoms with Crippen LogP contribution in [0.15, 0.2) is 30.3 Å². The van der Waals surface area contributed by atoms with Gasteiger partial charge in [-0.05, 0) is 36.7 Å². The summed E-state index contributed by atoms with van der Waals surface area (Å²) < 4.78 is 0. The van der Waals surface area contributed by atoms with Gasteiger partial charge >= 0.3 is 0 Å². The first-order chi connectivity index (χ1) is 10.1. The lowest BCUT2D eigenvalue weighted by Crippen LogP contribution is -2.39. The summed E-state index contributed by atoms with van der Waals surface area (Å²) >= 11 is 0. The number of piperidine rings is 1. The first kappa shape index (κ1) is 16.0. The molecule has 21 heavy (non-hydrogen) atoms. The number of carbonyl (C=O) groups excluding carboxylic acids is 1. The number of hydrogen-bond acceptors (Lipinski definition) is 2. The number of likely N-dealkylation sites (tertiary alicyclic amines) is 1. The maximum Gasteiger partial charge on any atom is 0.222 e. The van der Waals surface area contributed by atoms with Crippen LogP contribution < -0.4 is 0 Å². The molecule has 0 aliphatic carbocycles. The van der Waals surface area contributed by atoms with E-state index in [1.807, 2.05) is 35.2 Å². The minimum Gasteiger partial charge on any atom is -0.388 e. The van der Waals surface area contributed by atoms with Gasteiger partial charge in [-0.25, -0.2) is 0 Å². The van der Waals surface area contributed by atoms with Crippen LogP contribution in [0.3, 0.4) is 0 Å². The molecule has 1 aliphatic rings. The fraction of sp³-hybridized carbons (Fsp3) is 0.611. The molecule has 1 aromatic carbocycles. The monoisotopic (exact) mass is 289 g/mol. The van der Waals surface area contributed by atoms with Crippen LogP contribution in [0.5, 0.6) is 0 Å². The Hall–Kier alpha value is -1.35. The molecule has 1 fully saturated rings. The molecule has 1 atom stereocenters. The van der Waals surface area contributed by atoms with E-state index in [9.17, 15) is 9.90 Å². The van der Waals surface area contributed by atoms with E-state index in [4.69, 9.17) is 0 Å². The van der Waals surface area contributed by atoms with Crippen molar-refractivity contribution >= 4 is 5.91 Å². The van der Waals surface area contributed by atoms with Gasteiger partial charge in [0.1, 0.15) is 0 Å². The summed E-state index contributed by atoms with van der Waals surface area (Å²) in [6.45, 7) is 5.86. The lowest BCUT2D eigenvalue weighted by Gasteiger charge is -2.34.